The molecular weight excluding hydrogens is 328 g/mol. The minimum absolute atomic E-state index is 0.0132. The predicted molar refractivity (Wildman–Crippen MR) is 95.4 cm³/mol. The van der Waals surface area contributed by atoms with Crippen molar-refractivity contribution in [2.45, 2.75) is 36.8 Å². The smallest absolute Gasteiger partial charge is 0.254 e. The van der Waals surface area contributed by atoms with Crippen LogP contribution in [0.15, 0.2) is 34.2 Å². The van der Waals surface area contributed by atoms with Gasteiger partial charge in [0.2, 0.25) is 0 Å². The van der Waals surface area contributed by atoms with Crippen LogP contribution < -0.4 is 5.56 Å². The Labute approximate surface area is 144 Å². The number of thioether (sulfide) groups is 1. The van der Waals surface area contributed by atoms with Crippen LogP contribution in [-0.2, 0) is 18.3 Å². The van der Waals surface area contributed by atoms with E-state index in [9.17, 15) is 4.79 Å². The molecule has 0 saturated heterocycles. The van der Waals surface area contributed by atoms with Crippen LogP contribution in [-0.4, -0.2) is 16.2 Å². The molecule has 0 bridgehead atoms. The summed E-state index contributed by atoms with van der Waals surface area (Å²) < 4.78 is 0. The van der Waals surface area contributed by atoms with Gasteiger partial charge in [0.05, 0.1) is 5.69 Å². The average Bonchev–Trinajstić information content (AvgIpc) is 2.80. The van der Waals surface area contributed by atoms with Crippen LogP contribution in [0.1, 0.15) is 35.7 Å². The molecule has 1 N–H and O–H groups in total. The molecule has 0 fully saturated rings. The van der Waals surface area contributed by atoms with E-state index < -0.39 is 0 Å². The van der Waals surface area contributed by atoms with Crippen LogP contribution in [0.2, 0.25) is 5.02 Å². The molecule has 1 atom stereocenters. The first-order chi connectivity index (χ1) is 11.0. The fraction of sp³-hybridized carbons (Fsp3) is 0.333. The minimum Gasteiger partial charge on any atom is -0.301 e. The Balaban J connectivity index is 1.88. The van der Waals surface area contributed by atoms with Gasteiger partial charge in [0.15, 0.2) is 5.16 Å². The molecule has 2 aliphatic rings. The van der Waals surface area contributed by atoms with Crippen LogP contribution in [0.5, 0.6) is 0 Å². The number of aromatic amines is 1. The van der Waals surface area contributed by atoms with Gasteiger partial charge in [-0.1, -0.05) is 41.6 Å². The maximum absolute atomic E-state index is 12.3. The molecule has 1 heterocycles. The van der Waals surface area contributed by atoms with Crippen molar-refractivity contribution in [3.63, 3.8) is 0 Å². The van der Waals surface area contributed by atoms with E-state index in [4.69, 9.17) is 11.6 Å². The highest BCUT2D eigenvalue weighted by Crippen LogP contribution is 2.49. The molecule has 0 aliphatic heterocycles. The second kappa shape index (κ2) is 5.25. The molecule has 0 unspecified atom stereocenters. The van der Waals surface area contributed by atoms with E-state index in [0.29, 0.717) is 5.16 Å². The third-order valence-corrected chi connectivity index (χ3v) is 5.91. The van der Waals surface area contributed by atoms with Gasteiger partial charge in [-0.15, -0.1) is 0 Å². The predicted octanol–water partition coefficient (Wildman–Crippen LogP) is 3.99. The molecule has 4 rings (SSSR count). The van der Waals surface area contributed by atoms with Crippen molar-refractivity contribution in [2.75, 3.05) is 6.26 Å². The molecule has 1 spiro atoms. The van der Waals surface area contributed by atoms with Crippen molar-refractivity contribution in [3.8, 4) is 0 Å². The summed E-state index contributed by atoms with van der Waals surface area (Å²) in [6.07, 6.45) is 6.70. The third-order valence-electron chi connectivity index (χ3n) is 5.01. The number of benzene rings is 1. The number of halogens is 1. The lowest BCUT2D eigenvalue weighted by Gasteiger charge is -2.33. The first kappa shape index (κ1) is 15.0. The first-order valence-electron chi connectivity index (χ1n) is 7.69. The van der Waals surface area contributed by atoms with E-state index >= 15 is 0 Å². The first-order valence-corrected chi connectivity index (χ1v) is 9.29. The van der Waals surface area contributed by atoms with E-state index in [0.717, 1.165) is 41.1 Å². The summed E-state index contributed by atoms with van der Waals surface area (Å²) in [4.78, 5) is 19.8. The number of rotatable bonds is 1. The molecule has 0 saturated carbocycles. The highest BCUT2D eigenvalue weighted by Gasteiger charge is 2.41. The number of hydrogen-bond acceptors (Lipinski definition) is 3. The van der Waals surface area contributed by atoms with Crippen LogP contribution in [0.4, 0.5) is 0 Å². The van der Waals surface area contributed by atoms with Gasteiger partial charge in [-0.2, -0.15) is 0 Å². The highest BCUT2D eigenvalue weighted by atomic mass is 35.5. The number of nitrogens with zero attached hydrogens (tertiary/aromatic N) is 1. The summed E-state index contributed by atoms with van der Waals surface area (Å²) in [5.41, 5.74) is 5.38. The van der Waals surface area contributed by atoms with Gasteiger partial charge >= 0.3 is 0 Å². The van der Waals surface area contributed by atoms with Crippen LogP contribution >= 0.6 is 23.4 Å². The zero-order valence-corrected chi connectivity index (χ0v) is 14.6. The fourth-order valence-electron chi connectivity index (χ4n) is 4.01. The molecule has 118 valence electrons. The Kier molecular flexibility index (Phi) is 3.43. The van der Waals surface area contributed by atoms with Gasteiger partial charge in [-0.3, -0.25) is 4.79 Å². The highest BCUT2D eigenvalue weighted by molar-refractivity contribution is 7.98. The second-order valence-electron chi connectivity index (χ2n) is 6.32. The Bertz CT molecular complexity index is 902. The number of fused-ring (bicyclic) bond motifs is 3. The van der Waals surface area contributed by atoms with Crippen molar-refractivity contribution in [1.29, 1.82) is 0 Å². The second-order valence-corrected chi connectivity index (χ2v) is 7.53. The van der Waals surface area contributed by atoms with Crippen molar-refractivity contribution < 1.29 is 0 Å². The van der Waals surface area contributed by atoms with E-state index in [2.05, 4.69) is 29.0 Å². The summed E-state index contributed by atoms with van der Waals surface area (Å²) in [5.74, 6) is 0. The number of allylic oxidation sites excluding steroid dienone is 2. The van der Waals surface area contributed by atoms with Crippen molar-refractivity contribution >= 4 is 28.9 Å². The van der Waals surface area contributed by atoms with Gasteiger partial charge in [-0.25, -0.2) is 4.98 Å². The Hall–Kier alpha value is -1.52. The van der Waals surface area contributed by atoms with E-state index in [1.807, 2.05) is 18.4 Å². The van der Waals surface area contributed by atoms with E-state index in [-0.39, 0.29) is 11.0 Å². The van der Waals surface area contributed by atoms with Crippen LogP contribution in [0, 0.1) is 0 Å². The topological polar surface area (TPSA) is 45.8 Å². The maximum atomic E-state index is 12.3. The van der Waals surface area contributed by atoms with Gasteiger partial charge < -0.3 is 4.98 Å². The quantitative estimate of drug-likeness (QED) is 0.628. The zero-order chi connectivity index (χ0) is 16.2. The van der Waals surface area contributed by atoms with Crippen molar-refractivity contribution in [1.82, 2.24) is 9.97 Å². The summed E-state index contributed by atoms with van der Waals surface area (Å²) >= 11 is 7.90. The number of nitrogens with one attached hydrogen (secondary N) is 1. The largest absolute Gasteiger partial charge is 0.301 e. The normalized spacial score (nSPS) is 22.0. The SMILES string of the molecule is CSc1nc2c(c(=O)[nH]1)CC[C@@]1(C=C(C)c3c(Cl)cccc31)C2. The van der Waals surface area contributed by atoms with Gasteiger partial charge in [0, 0.05) is 22.4 Å². The number of aromatic nitrogens is 2. The molecule has 2 aromatic rings. The standard InChI is InChI=1S/C18H17ClN2OS/c1-10-8-18(12-4-3-5-13(19)15(10)12)7-6-11-14(9-18)20-17(23-2)21-16(11)22/h3-5,8H,6-7,9H2,1-2H3,(H,20,21,22)/t18-/m1/s1. The van der Waals surface area contributed by atoms with Gasteiger partial charge in [-0.05, 0) is 48.8 Å². The average molecular weight is 345 g/mol. The molecule has 0 amide bonds. The summed E-state index contributed by atoms with van der Waals surface area (Å²) in [5, 5.41) is 1.50. The molecule has 3 nitrogen and oxygen atoms in total. The van der Waals surface area contributed by atoms with Crippen LogP contribution in [0.25, 0.3) is 5.57 Å². The zero-order valence-electron chi connectivity index (χ0n) is 13.1. The number of hydrogen-bond donors (Lipinski definition) is 1. The molecule has 5 heteroatoms. The molecule has 0 radical (unpaired) electrons. The van der Waals surface area contributed by atoms with Crippen molar-refractivity contribution in [2.24, 2.45) is 0 Å². The lowest BCUT2D eigenvalue weighted by molar-refractivity contribution is 0.452. The maximum Gasteiger partial charge on any atom is 0.254 e. The van der Waals surface area contributed by atoms with Gasteiger partial charge in [0.1, 0.15) is 0 Å². The van der Waals surface area contributed by atoms with Crippen molar-refractivity contribution in [3.05, 3.63) is 62.0 Å². The molecular formula is C18H17ClN2OS. The third kappa shape index (κ3) is 2.19. The van der Waals surface area contributed by atoms with E-state index in [1.165, 1.54) is 22.9 Å². The minimum atomic E-state index is -0.0756. The molecule has 23 heavy (non-hydrogen) atoms. The molecule has 2 aliphatic carbocycles. The summed E-state index contributed by atoms with van der Waals surface area (Å²) in [6, 6.07) is 6.13. The lowest BCUT2D eigenvalue weighted by atomic mass is 9.70. The summed E-state index contributed by atoms with van der Waals surface area (Å²) in [6.45, 7) is 2.12. The molecule has 1 aromatic carbocycles. The monoisotopic (exact) mass is 344 g/mol. The van der Waals surface area contributed by atoms with E-state index in [1.54, 1.807) is 0 Å². The van der Waals surface area contributed by atoms with Crippen LogP contribution in [0.3, 0.4) is 0 Å². The Morgan fingerprint density at radius 2 is 2.22 bits per heavy atom. The summed E-state index contributed by atoms with van der Waals surface area (Å²) in [7, 11) is 0. The molecule has 1 aromatic heterocycles. The van der Waals surface area contributed by atoms with Gasteiger partial charge in [0.25, 0.3) is 5.56 Å². The Morgan fingerprint density at radius 1 is 1.39 bits per heavy atom. The number of H-pyrrole nitrogens is 1. The lowest BCUT2D eigenvalue weighted by Crippen LogP contribution is -2.34. The Morgan fingerprint density at radius 3 is 3.00 bits per heavy atom. The fourth-order valence-corrected chi connectivity index (χ4v) is 4.73.